The van der Waals surface area contributed by atoms with Crippen molar-refractivity contribution in [1.29, 1.82) is 0 Å². The smallest absolute Gasteiger partial charge is 0.224 e. The fraction of sp³-hybridized carbons (Fsp3) is 0. The molecule has 0 aromatic carbocycles. The topological polar surface area (TPSA) is 72.0 Å². The van der Waals surface area contributed by atoms with Crippen LogP contribution < -0.4 is 4.72 Å². The van der Waals surface area contributed by atoms with E-state index in [0.717, 1.165) is 11.3 Å². The van der Waals surface area contributed by atoms with Crippen LogP contribution in [-0.4, -0.2) is 18.6 Å². The van der Waals surface area contributed by atoms with Gasteiger partial charge in [-0.15, -0.1) is 10.2 Å². The van der Waals surface area contributed by atoms with Crippen LogP contribution >= 0.6 is 11.3 Å². The first-order chi connectivity index (χ1) is 4.29. The molecule has 0 aliphatic rings. The second-order valence-electron chi connectivity index (χ2n) is 1.11. The van der Waals surface area contributed by atoms with E-state index in [9.17, 15) is 8.42 Å². The number of aromatic nitrogens is 2. The average molecular weight is 165 g/mol. The second kappa shape index (κ2) is 2.74. The molecule has 0 aliphatic carbocycles. The number of anilines is 1. The lowest BCUT2D eigenvalue weighted by molar-refractivity contribution is 0.619. The third-order valence-corrected chi connectivity index (χ3v) is 1.70. The molecular weight excluding hydrogens is 162 g/mol. The second-order valence-corrected chi connectivity index (χ2v) is 2.68. The number of thiol groups is 1. The van der Waals surface area contributed by atoms with Crippen LogP contribution in [0, 0.1) is 0 Å². The Labute approximate surface area is 56.8 Å². The molecule has 0 spiro atoms. The molecule has 0 saturated carbocycles. The van der Waals surface area contributed by atoms with Crippen LogP contribution in [0.1, 0.15) is 0 Å². The minimum absolute atomic E-state index is 0.297. The van der Waals surface area contributed by atoms with Gasteiger partial charge in [0.2, 0.25) is 16.0 Å². The van der Waals surface area contributed by atoms with Crippen molar-refractivity contribution in [3.63, 3.8) is 0 Å². The molecule has 1 aromatic rings. The quantitative estimate of drug-likeness (QED) is 0.578. The minimum atomic E-state index is -2.59. The maximum absolute atomic E-state index is 9.93. The Hall–Kier alpha value is -0.690. The van der Waals surface area contributed by atoms with Crippen LogP contribution in [0.2, 0.25) is 0 Å². The van der Waals surface area contributed by atoms with Crippen LogP contribution in [0.3, 0.4) is 0 Å². The lowest BCUT2D eigenvalue weighted by atomic mass is 11.3. The molecule has 0 amide bonds. The first-order valence-corrected chi connectivity index (χ1v) is 4.02. The number of rotatable bonds is 2. The van der Waals surface area contributed by atoms with Gasteiger partial charge >= 0.3 is 0 Å². The zero-order valence-electron chi connectivity index (χ0n) is 4.14. The monoisotopic (exact) mass is 165 g/mol. The Morgan fingerprint density at radius 1 is 1.67 bits per heavy atom. The molecule has 1 rings (SSSR count). The Bertz CT molecular complexity index is 232. The largest absolute Gasteiger partial charge is 0.259 e. The molecule has 1 heterocycles. The third kappa shape index (κ3) is 1.94. The lowest BCUT2D eigenvalue weighted by Crippen LogP contribution is -1.93. The highest BCUT2D eigenvalue weighted by molar-refractivity contribution is 7.74. The van der Waals surface area contributed by atoms with Gasteiger partial charge in [-0.3, -0.25) is 4.72 Å². The molecule has 1 aromatic heterocycles. The Kier molecular flexibility index (Phi) is 1.96. The van der Waals surface area contributed by atoms with Crippen LogP contribution in [0.15, 0.2) is 5.51 Å². The van der Waals surface area contributed by atoms with Crippen molar-refractivity contribution >= 4 is 27.4 Å². The van der Waals surface area contributed by atoms with Crippen molar-refractivity contribution in [2.24, 2.45) is 0 Å². The lowest BCUT2D eigenvalue weighted by Gasteiger charge is -1.83. The van der Waals surface area contributed by atoms with Crippen molar-refractivity contribution in [2.75, 3.05) is 4.72 Å². The SMILES string of the molecule is O=[SH](=O)Nc1nncs1. The summed E-state index contributed by atoms with van der Waals surface area (Å²) in [5.74, 6) is 0. The summed E-state index contributed by atoms with van der Waals surface area (Å²) in [7, 11) is -2.59. The van der Waals surface area contributed by atoms with Gasteiger partial charge in [0.1, 0.15) is 5.51 Å². The van der Waals surface area contributed by atoms with Crippen LogP contribution in [-0.2, 0) is 10.9 Å². The summed E-state index contributed by atoms with van der Waals surface area (Å²) in [5.41, 5.74) is 1.45. The molecular formula is C2H3N3O2S2. The normalized spacial score (nSPS) is 9.89. The molecule has 7 heteroatoms. The summed E-state index contributed by atoms with van der Waals surface area (Å²) >= 11 is 1.13. The summed E-state index contributed by atoms with van der Waals surface area (Å²) in [5, 5.41) is 7.14. The van der Waals surface area contributed by atoms with E-state index in [1.165, 1.54) is 5.51 Å². The molecule has 0 unspecified atom stereocenters. The highest BCUT2D eigenvalue weighted by Crippen LogP contribution is 2.06. The van der Waals surface area contributed by atoms with Crippen molar-refractivity contribution in [1.82, 2.24) is 10.2 Å². The van der Waals surface area contributed by atoms with E-state index in [4.69, 9.17) is 0 Å². The van der Waals surface area contributed by atoms with Crippen LogP contribution in [0.4, 0.5) is 5.13 Å². The van der Waals surface area contributed by atoms with Crippen molar-refractivity contribution in [2.45, 2.75) is 0 Å². The molecule has 1 N–H and O–H groups in total. The molecule has 9 heavy (non-hydrogen) atoms. The van der Waals surface area contributed by atoms with Gasteiger partial charge in [0.15, 0.2) is 0 Å². The number of hydrogen-bond acceptors (Lipinski definition) is 5. The summed E-state index contributed by atoms with van der Waals surface area (Å²) in [6, 6.07) is 0. The molecule has 50 valence electrons. The predicted octanol–water partition coefficient (Wildman–Crippen LogP) is -0.524. The van der Waals surface area contributed by atoms with Gasteiger partial charge in [-0.2, -0.15) is 0 Å². The molecule has 0 aliphatic heterocycles. The molecule has 0 saturated heterocycles. The maximum atomic E-state index is 9.93. The van der Waals surface area contributed by atoms with E-state index in [2.05, 4.69) is 14.9 Å². The number of nitrogens with one attached hydrogen (secondary N) is 1. The first-order valence-electron chi connectivity index (χ1n) is 1.96. The van der Waals surface area contributed by atoms with E-state index in [1.54, 1.807) is 0 Å². The van der Waals surface area contributed by atoms with Crippen LogP contribution in [0.25, 0.3) is 0 Å². The average Bonchev–Trinajstić information content (AvgIpc) is 2.15. The van der Waals surface area contributed by atoms with Gasteiger partial charge in [0, 0.05) is 0 Å². The standard InChI is InChI=1S/C2H3N3O2S2/c6-9(7)5-2-4-3-1-8-2/h1,9H,(H,4,5,6,7). The Balaban J connectivity index is 2.68. The number of nitrogens with zero attached hydrogens (tertiary/aromatic N) is 2. The van der Waals surface area contributed by atoms with E-state index in [-0.39, 0.29) is 0 Å². The summed E-state index contributed by atoms with van der Waals surface area (Å²) in [6.07, 6.45) is 0. The fourth-order valence-corrected chi connectivity index (χ4v) is 1.22. The minimum Gasteiger partial charge on any atom is -0.259 e. The van der Waals surface area contributed by atoms with E-state index in [0.29, 0.717) is 5.13 Å². The maximum Gasteiger partial charge on any atom is 0.224 e. The van der Waals surface area contributed by atoms with Gasteiger partial charge in [-0.05, 0) is 0 Å². The zero-order valence-corrected chi connectivity index (χ0v) is 5.85. The molecule has 0 radical (unpaired) electrons. The predicted molar refractivity (Wildman–Crippen MR) is 33.8 cm³/mol. The van der Waals surface area contributed by atoms with Gasteiger partial charge in [0.05, 0.1) is 0 Å². The van der Waals surface area contributed by atoms with Crippen molar-refractivity contribution < 1.29 is 8.42 Å². The third-order valence-electron chi connectivity index (χ3n) is 0.547. The Morgan fingerprint density at radius 3 is 2.89 bits per heavy atom. The highest BCUT2D eigenvalue weighted by Gasteiger charge is 1.91. The summed E-state index contributed by atoms with van der Waals surface area (Å²) in [6.45, 7) is 0. The highest BCUT2D eigenvalue weighted by atomic mass is 32.2. The Morgan fingerprint density at radius 2 is 2.44 bits per heavy atom. The van der Waals surface area contributed by atoms with Gasteiger partial charge < -0.3 is 0 Å². The zero-order chi connectivity index (χ0) is 6.69. The molecule has 0 fully saturated rings. The summed E-state index contributed by atoms with van der Waals surface area (Å²) in [4.78, 5) is 0. The van der Waals surface area contributed by atoms with Gasteiger partial charge in [-0.25, -0.2) is 8.42 Å². The number of hydrogen-bond donors (Lipinski definition) is 2. The van der Waals surface area contributed by atoms with Gasteiger partial charge in [0.25, 0.3) is 0 Å². The van der Waals surface area contributed by atoms with Crippen molar-refractivity contribution in [3.05, 3.63) is 5.51 Å². The fourth-order valence-electron chi connectivity index (χ4n) is 0.300. The van der Waals surface area contributed by atoms with E-state index < -0.39 is 10.9 Å². The summed E-state index contributed by atoms with van der Waals surface area (Å²) < 4.78 is 21.9. The molecule has 0 atom stereocenters. The molecule has 0 bridgehead atoms. The van der Waals surface area contributed by atoms with E-state index in [1.807, 2.05) is 0 Å². The van der Waals surface area contributed by atoms with Crippen molar-refractivity contribution in [3.8, 4) is 0 Å². The van der Waals surface area contributed by atoms with Crippen LogP contribution in [0.5, 0.6) is 0 Å². The first kappa shape index (κ1) is 6.43. The van der Waals surface area contributed by atoms with E-state index >= 15 is 0 Å². The molecule has 5 nitrogen and oxygen atoms in total. The van der Waals surface area contributed by atoms with Gasteiger partial charge in [-0.1, -0.05) is 11.3 Å².